The van der Waals surface area contributed by atoms with Crippen molar-refractivity contribution in [3.05, 3.63) is 48.0 Å². The van der Waals surface area contributed by atoms with Gasteiger partial charge in [-0.25, -0.2) is 0 Å². The fourth-order valence-corrected chi connectivity index (χ4v) is 3.05. The number of hydrogen-bond acceptors (Lipinski definition) is 4. The summed E-state index contributed by atoms with van der Waals surface area (Å²) in [6.45, 7) is 1.16. The molecule has 2 atom stereocenters. The lowest BCUT2D eigenvalue weighted by Gasteiger charge is -2.18. The molecule has 1 heterocycles. The van der Waals surface area contributed by atoms with E-state index in [4.69, 9.17) is 14.2 Å². The lowest BCUT2D eigenvalue weighted by molar-refractivity contribution is -0.117. The summed E-state index contributed by atoms with van der Waals surface area (Å²) in [6.07, 6.45) is 0.863. The van der Waals surface area contributed by atoms with E-state index < -0.39 is 0 Å². The Kier molecular flexibility index (Phi) is 3.76. The summed E-state index contributed by atoms with van der Waals surface area (Å²) >= 11 is 0. The van der Waals surface area contributed by atoms with Gasteiger partial charge in [-0.2, -0.15) is 0 Å². The number of benzene rings is 2. The van der Waals surface area contributed by atoms with Crippen molar-refractivity contribution in [2.75, 3.05) is 25.6 Å². The molecule has 24 heavy (non-hydrogen) atoms. The van der Waals surface area contributed by atoms with Crippen LogP contribution in [0.25, 0.3) is 0 Å². The van der Waals surface area contributed by atoms with Gasteiger partial charge in [-0.1, -0.05) is 6.07 Å². The summed E-state index contributed by atoms with van der Waals surface area (Å²) < 4.78 is 16.3. The zero-order valence-electron chi connectivity index (χ0n) is 13.5. The predicted molar refractivity (Wildman–Crippen MR) is 89.9 cm³/mol. The molecule has 1 N–H and O–H groups in total. The molecule has 0 saturated heterocycles. The second-order valence-electron chi connectivity index (χ2n) is 6.07. The van der Waals surface area contributed by atoms with Gasteiger partial charge >= 0.3 is 0 Å². The molecule has 2 aliphatic rings. The zero-order chi connectivity index (χ0) is 16.5. The highest BCUT2D eigenvalue weighted by Gasteiger charge is 2.44. The summed E-state index contributed by atoms with van der Waals surface area (Å²) in [7, 11) is 1.62. The maximum Gasteiger partial charge on any atom is 0.228 e. The lowest BCUT2D eigenvalue weighted by Crippen LogP contribution is -2.16. The average Bonchev–Trinajstić information content (AvgIpc) is 3.43. The third-order valence-corrected chi connectivity index (χ3v) is 4.48. The van der Waals surface area contributed by atoms with Crippen LogP contribution >= 0.6 is 0 Å². The molecule has 0 radical (unpaired) electrons. The summed E-state index contributed by atoms with van der Waals surface area (Å²) in [6, 6.07) is 13.3. The lowest BCUT2D eigenvalue weighted by atomic mass is 10.1. The Balaban J connectivity index is 1.41. The highest BCUT2D eigenvalue weighted by atomic mass is 16.6. The second kappa shape index (κ2) is 6.07. The van der Waals surface area contributed by atoms with E-state index in [0.29, 0.717) is 13.2 Å². The molecule has 1 aliphatic heterocycles. The highest BCUT2D eigenvalue weighted by molar-refractivity contribution is 5.95. The topological polar surface area (TPSA) is 56.8 Å². The normalized spacial score (nSPS) is 21.0. The molecular formula is C19H19NO4. The van der Waals surface area contributed by atoms with Crippen molar-refractivity contribution in [1.82, 2.24) is 0 Å². The quantitative estimate of drug-likeness (QED) is 0.938. The number of hydrogen-bond donors (Lipinski definition) is 1. The molecule has 5 nitrogen and oxygen atoms in total. The van der Waals surface area contributed by atoms with Crippen LogP contribution in [-0.4, -0.2) is 26.2 Å². The highest BCUT2D eigenvalue weighted by Crippen LogP contribution is 2.49. The first kappa shape index (κ1) is 14.9. The Morgan fingerprint density at radius 2 is 1.83 bits per heavy atom. The molecule has 1 amide bonds. The first-order valence-electron chi connectivity index (χ1n) is 8.09. The second-order valence-corrected chi connectivity index (χ2v) is 6.07. The fraction of sp³-hybridized carbons (Fsp3) is 0.316. The Labute approximate surface area is 140 Å². The number of fused-ring (bicyclic) bond motifs is 1. The summed E-state index contributed by atoms with van der Waals surface area (Å²) in [5.41, 5.74) is 1.92. The van der Waals surface area contributed by atoms with E-state index in [9.17, 15) is 4.79 Å². The first-order chi connectivity index (χ1) is 11.7. The maximum atomic E-state index is 12.4. The third-order valence-electron chi connectivity index (χ3n) is 4.48. The first-order valence-corrected chi connectivity index (χ1v) is 8.09. The van der Waals surface area contributed by atoms with Gasteiger partial charge in [-0.3, -0.25) is 4.79 Å². The van der Waals surface area contributed by atoms with Crippen LogP contribution < -0.4 is 19.5 Å². The largest absolute Gasteiger partial charge is 0.497 e. The van der Waals surface area contributed by atoms with Crippen molar-refractivity contribution in [1.29, 1.82) is 0 Å². The van der Waals surface area contributed by atoms with E-state index in [1.165, 1.54) is 0 Å². The van der Waals surface area contributed by atoms with Crippen molar-refractivity contribution in [2.45, 2.75) is 12.3 Å². The Morgan fingerprint density at radius 3 is 2.58 bits per heavy atom. The molecule has 0 bridgehead atoms. The van der Waals surface area contributed by atoms with Crippen LogP contribution in [0.3, 0.4) is 0 Å². The number of methoxy groups -OCH3 is 1. The molecular weight excluding hydrogens is 306 g/mol. The third kappa shape index (κ3) is 2.89. The molecule has 4 rings (SSSR count). The minimum Gasteiger partial charge on any atom is -0.497 e. The van der Waals surface area contributed by atoms with E-state index >= 15 is 0 Å². The molecule has 0 unspecified atom stereocenters. The molecule has 2 aromatic carbocycles. The van der Waals surface area contributed by atoms with Crippen molar-refractivity contribution >= 4 is 11.6 Å². The molecule has 1 saturated carbocycles. The zero-order valence-corrected chi connectivity index (χ0v) is 13.5. The number of rotatable bonds is 4. The van der Waals surface area contributed by atoms with Gasteiger partial charge in [0.05, 0.1) is 7.11 Å². The van der Waals surface area contributed by atoms with Crippen LogP contribution in [0.4, 0.5) is 5.69 Å². The molecule has 0 spiro atoms. The van der Waals surface area contributed by atoms with Gasteiger partial charge in [0.1, 0.15) is 19.0 Å². The van der Waals surface area contributed by atoms with Gasteiger partial charge in [-0.15, -0.1) is 0 Å². The Morgan fingerprint density at radius 1 is 1.08 bits per heavy atom. The van der Waals surface area contributed by atoms with E-state index in [0.717, 1.165) is 34.9 Å². The van der Waals surface area contributed by atoms with Crippen molar-refractivity contribution in [3.63, 3.8) is 0 Å². The maximum absolute atomic E-state index is 12.4. The molecule has 5 heteroatoms. The summed E-state index contributed by atoms with van der Waals surface area (Å²) in [5.74, 6) is 2.65. The fourth-order valence-electron chi connectivity index (χ4n) is 3.05. The van der Waals surface area contributed by atoms with Crippen LogP contribution in [0.15, 0.2) is 42.5 Å². The van der Waals surface area contributed by atoms with E-state index in [1.807, 2.05) is 42.5 Å². The van der Waals surface area contributed by atoms with E-state index in [-0.39, 0.29) is 17.7 Å². The SMILES string of the molecule is COc1ccc(NC(=O)[C@H]2C[C@H]2c2ccc3c(c2)OCCO3)cc1. The van der Waals surface area contributed by atoms with Gasteiger partial charge in [0.25, 0.3) is 0 Å². The monoisotopic (exact) mass is 325 g/mol. The van der Waals surface area contributed by atoms with E-state index in [1.54, 1.807) is 7.11 Å². The number of nitrogens with one attached hydrogen (secondary N) is 1. The van der Waals surface area contributed by atoms with Crippen molar-refractivity contribution in [3.8, 4) is 17.2 Å². The minimum absolute atomic E-state index is 0.00895. The van der Waals surface area contributed by atoms with Crippen LogP contribution in [-0.2, 0) is 4.79 Å². The molecule has 2 aromatic rings. The Bertz CT molecular complexity index is 756. The van der Waals surface area contributed by atoms with Gasteiger partial charge in [0, 0.05) is 11.6 Å². The smallest absolute Gasteiger partial charge is 0.228 e. The number of amides is 1. The number of carbonyl (C=O) groups is 1. The number of ether oxygens (including phenoxy) is 3. The summed E-state index contributed by atoms with van der Waals surface area (Å²) in [4.78, 5) is 12.4. The average molecular weight is 325 g/mol. The summed E-state index contributed by atoms with van der Waals surface area (Å²) in [5, 5.41) is 2.97. The van der Waals surface area contributed by atoms with Gasteiger partial charge in [-0.05, 0) is 54.3 Å². The van der Waals surface area contributed by atoms with Gasteiger partial charge in [0.2, 0.25) is 5.91 Å². The van der Waals surface area contributed by atoms with Gasteiger partial charge in [0.15, 0.2) is 11.5 Å². The van der Waals surface area contributed by atoms with Gasteiger partial charge < -0.3 is 19.5 Å². The molecule has 1 aliphatic carbocycles. The van der Waals surface area contributed by atoms with Crippen molar-refractivity contribution < 1.29 is 19.0 Å². The predicted octanol–water partition coefficient (Wildman–Crippen LogP) is 3.21. The van der Waals surface area contributed by atoms with Crippen molar-refractivity contribution in [2.24, 2.45) is 5.92 Å². The molecule has 0 aromatic heterocycles. The number of anilines is 1. The number of carbonyl (C=O) groups excluding carboxylic acids is 1. The Hall–Kier alpha value is -2.69. The standard InChI is InChI=1S/C19H19NO4/c1-22-14-5-3-13(4-6-14)20-19(21)16-11-15(16)12-2-7-17-18(10-12)24-9-8-23-17/h2-7,10,15-16H,8-9,11H2,1H3,(H,20,21)/t15-,16-/m0/s1. The van der Waals surface area contributed by atoms with Crippen LogP contribution in [0.2, 0.25) is 0 Å². The van der Waals surface area contributed by atoms with E-state index in [2.05, 4.69) is 5.32 Å². The van der Waals surface area contributed by atoms with Crippen LogP contribution in [0.5, 0.6) is 17.2 Å². The molecule has 124 valence electrons. The van der Waals surface area contributed by atoms with Crippen LogP contribution in [0.1, 0.15) is 17.9 Å². The minimum atomic E-state index is 0.00895. The van der Waals surface area contributed by atoms with Crippen LogP contribution in [0, 0.1) is 5.92 Å². The molecule has 1 fully saturated rings.